The smallest absolute Gasteiger partial charge is 0.0852 e. The molecule has 0 aromatic heterocycles. The molecule has 3 rings (SSSR count). The van der Waals surface area contributed by atoms with E-state index in [0.29, 0.717) is 17.8 Å². The third-order valence-corrected chi connectivity index (χ3v) is 7.03. The van der Waals surface area contributed by atoms with Crippen LogP contribution in [0, 0.1) is 35.0 Å². The number of fused-ring (bicyclic) bond motifs is 1. The van der Waals surface area contributed by atoms with E-state index in [1.807, 2.05) is 38.1 Å². The highest BCUT2D eigenvalue weighted by molar-refractivity contribution is 5.44. The van der Waals surface area contributed by atoms with Crippen molar-refractivity contribution >= 4 is 0 Å². The molecule has 142 valence electrons. The van der Waals surface area contributed by atoms with E-state index in [2.05, 4.69) is 25.7 Å². The third-order valence-electron chi connectivity index (χ3n) is 7.03. The Balaban J connectivity index is 1.85. The van der Waals surface area contributed by atoms with Crippen LogP contribution in [0.15, 0.2) is 24.3 Å². The van der Waals surface area contributed by atoms with Crippen molar-refractivity contribution in [1.29, 1.82) is 0 Å². The maximum atomic E-state index is 10.5. The van der Waals surface area contributed by atoms with E-state index in [9.17, 15) is 10.2 Å². The minimum Gasteiger partial charge on any atom is -0.393 e. The summed E-state index contributed by atoms with van der Waals surface area (Å²) in [5.41, 5.74) is 1.14. The predicted molar refractivity (Wildman–Crippen MR) is 107 cm³/mol. The molecule has 0 bridgehead atoms. The second-order valence-corrected chi connectivity index (χ2v) is 9.27. The van der Waals surface area contributed by atoms with Crippen LogP contribution in [-0.4, -0.2) is 16.3 Å². The van der Waals surface area contributed by atoms with Crippen molar-refractivity contribution in [2.45, 2.75) is 77.9 Å². The maximum absolute atomic E-state index is 10.5. The van der Waals surface area contributed by atoms with Crippen molar-refractivity contribution in [3.63, 3.8) is 0 Å². The highest BCUT2D eigenvalue weighted by Gasteiger charge is 2.49. The molecule has 2 heteroatoms. The van der Waals surface area contributed by atoms with E-state index >= 15 is 0 Å². The third kappa shape index (κ3) is 3.71. The van der Waals surface area contributed by atoms with Crippen LogP contribution in [0.3, 0.4) is 0 Å². The second kappa shape index (κ2) is 7.37. The number of rotatable bonds is 2. The average Bonchev–Trinajstić information content (AvgIpc) is 2.58. The highest BCUT2D eigenvalue weighted by atomic mass is 16.3. The van der Waals surface area contributed by atoms with Crippen LogP contribution < -0.4 is 0 Å². The van der Waals surface area contributed by atoms with Crippen molar-refractivity contribution in [3.05, 3.63) is 35.4 Å². The van der Waals surface area contributed by atoms with Crippen LogP contribution in [-0.2, 0) is 5.60 Å². The first-order valence-electron chi connectivity index (χ1n) is 10.2. The SMILES string of the molecule is C[C@H](C#Cc1ccccc1C(C)(C)O)[C@H]1CCC[C@H]2[C@@H](O)CCC[C@]12C. The van der Waals surface area contributed by atoms with E-state index in [1.165, 1.54) is 19.3 Å². The van der Waals surface area contributed by atoms with Gasteiger partial charge in [0, 0.05) is 11.5 Å². The second-order valence-electron chi connectivity index (χ2n) is 9.27. The highest BCUT2D eigenvalue weighted by Crippen LogP contribution is 2.55. The average molecular weight is 355 g/mol. The summed E-state index contributed by atoms with van der Waals surface area (Å²) < 4.78 is 0. The van der Waals surface area contributed by atoms with Gasteiger partial charge in [0.05, 0.1) is 11.7 Å². The summed E-state index contributed by atoms with van der Waals surface area (Å²) in [5.74, 6) is 8.15. The lowest BCUT2D eigenvalue weighted by atomic mass is 9.52. The van der Waals surface area contributed by atoms with Gasteiger partial charge in [0.1, 0.15) is 0 Å². The predicted octanol–water partition coefficient (Wildman–Crippen LogP) is 4.87. The van der Waals surface area contributed by atoms with E-state index in [0.717, 1.165) is 30.4 Å². The Morgan fingerprint density at radius 3 is 2.62 bits per heavy atom. The zero-order valence-corrected chi connectivity index (χ0v) is 16.8. The molecule has 2 aliphatic rings. The normalized spacial score (nSPS) is 32.9. The van der Waals surface area contributed by atoms with Gasteiger partial charge in [-0.1, -0.05) is 56.7 Å². The lowest BCUT2D eigenvalue weighted by Gasteiger charge is -2.53. The summed E-state index contributed by atoms with van der Waals surface area (Å²) in [4.78, 5) is 0. The summed E-state index contributed by atoms with van der Waals surface area (Å²) in [5, 5.41) is 21.0. The summed E-state index contributed by atoms with van der Waals surface area (Å²) in [6.07, 6.45) is 6.75. The number of hydrogen-bond donors (Lipinski definition) is 2. The van der Waals surface area contributed by atoms with Crippen molar-refractivity contribution in [3.8, 4) is 11.8 Å². The van der Waals surface area contributed by atoms with Crippen LogP contribution in [0.2, 0.25) is 0 Å². The molecule has 2 aliphatic carbocycles. The number of aliphatic hydroxyl groups excluding tert-OH is 1. The Labute approximate surface area is 159 Å². The number of aliphatic hydroxyl groups is 2. The van der Waals surface area contributed by atoms with Crippen LogP contribution in [0.25, 0.3) is 0 Å². The Bertz CT molecular complexity index is 690. The number of hydrogen-bond acceptors (Lipinski definition) is 2. The zero-order valence-electron chi connectivity index (χ0n) is 16.8. The minimum absolute atomic E-state index is 0.132. The molecule has 2 nitrogen and oxygen atoms in total. The molecule has 5 atom stereocenters. The van der Waals surface area contributed by atoms with Crippen LogP contribution in [0.1, 0.15) is 77.3 Å². The molecule has 1 aromatic rings. The molecule has 0 unspecified atom stereocenters. The Kier molecular flexibility index (Phi) is 5.52. The van der Waals surface area contributed by atoms with E-state index in [-0.39, 0.29) is 11.5 Å². The van der Waals surface area contributed by atoms with Crippen LogP contribution in [0.5, 0.6) is 0 Å². The molecule has 26 heavy (non-hydrogen) atoms. The first kappa shape index (κ1) is 19.5. The van der Waals surface area contributed by atoms with Gasteiger partial charge in [-0.15, -0.1) is 0 Å². The Hall–Kier alpha value is -1.30. The Morgan fingerprint density at radius 2 is 1.88 bits per heavy atom. The summed E-state index contributed by atoms with van der Waals surface area (Å²) in [7, 11) is 0. The first-order chi connectivity index (χ1) is 12.2. The molecular weight excluding hydrogens is 320 g/mol. The molecule has 0 spiro atoms. The van der Waals surface area contributed by atoms with Gasteiger partial charge >= 0.3 is 0 Å². The lowest BCUT2D eigenvalue weighted by Crippen LogP contribution is -2.49. The van der Waals surface area contributed by atoms with Gasteiger partial charge in [0.15, 0.2) is 0 Å². The van der Waals surface area contributed by atoms with Gasteiger partial charge in [0.25, 0.3) is 0 Å². The molecule has 0 saturated heterocycles. The van der Waals surface area contributed by atoms with Gasteiger partial charge in [-0.2, -0.15) is 0 Å². The van der Waals surface area contributed by atoms with E-state index in [1.54, 1.807) is 0 Å². The summed E-state index contributed by atoms with van der Waals surface area (Å²) >= 11 is 0. The fourth-order valence-electron chi connectivity index (χ4n) is 5.63. The molecule has 0 aliphatic heterocycles. The van der Waals surface area contributed by atoms with Crippen molar-refractivity contribution in [2.24, 2.45) is 23.2 Å². The first-order valence-corrected chi connectivity index (χ1v) is 10.2. The molecule has 0 heterocycles. The summed E-state index contributed by atoms with van der Waals surface area (Å²) in [6, 6.07) is 7.91. The molecule has 2 saturated carbocycles. The van der Waals surface area contributed by atoms with Gasteiger partial charge in [0.2, 0.25) is 0 Å². The fraction of sp³-hybridized carbons (Fsp3) is 0.667. The Morgan fingerprint density at radius 1 is 1.15 bits per heavy atom. The molecule has 0 radical (unpaired) electrons. The van der Waals surface area contributed by atoms with Gasteiger partial charge < -0.3 is 10.2 Å². The molecule has 1 aromatic carbocycles. The largest absolute Gasteiger partial charge is 0.393 e. The van der Waals surface area contributed by atoms with Gasteiger partial charge in [-0.25, -0.2) is 0 Å². The van der Waals surface area contributed by atoms with Crippen LogP contribution >= 0.6 is 0 Å². The molecular formula is C24H34O2. The number of benzene rings is 1. The minimum atomic E-state index is -0.885. The molecule has 2 N–H and O–H groups in total. The van der Waals surface area contributed by atoms with Crippen LogP contribution in [0.4, 0.5) is 0 Å². The zero-order chi connectivity index (χ0) is 18.9. The molecule has 0 amide bonds. The lowest BCUT2D eigenvalue weighted by molar-refractivity contribution is -0.0858. The quantitative estimate of drug-likeness (QED) is 0.744. The topological polar surface area (TPSA) is 40.5 Å². The maximum Gasteiger partial charge on any atom is 0.0852 e. The monoisotopic (exact) mass is 354 g/mol. The summed E-state index contributed by atoms with van der Waals surface area (Å²) in [6.45, 7) is 8.27. The van der Waals surface area contributed by atoms with E-state index < -0.39 is 5.60 Å². The standard InChI is InChI=1S/C24H34O2/c1-17(14-15-18-9-5-6-10-20(18)23(2,3)26)19-11-7-12-21-22(25)13-8-16-24(19,21)4/h5-6,9-10,17,19,21-22,25-26H,7-8,11-13,16H2,1-4H3/t17-,19-,21+,22+,24-/m1/s1. The van der Waals surface area contributed by atoms with Crippen molar-refractivity contribution in [1.82, 2.24) is 0 Å². The van der Waals surface area contributed by atoms with Crippen molar-refractivity contribution in [2.75, 3.05) is 0 Å². The van der Waals surface area contributed by atoms with Gasteiger partial charge in [-0.3, -0.25) is 0 Å². The van der Waals surface area contributed by atoms with E-state index in [4.69, 9.17) is 0 Å². The van der Waals surface area contributed by atoms with Gasteiger partial charge in [-0.05, 0) is 68.4 Å². The fourth-order valence-corrected chi connectivity index (χ4v) is 5.63. The van der Waals surface area contributed by atoms with Crippen molar-refractivity contribution < 1.29 is 10.2 Å². The molecule has 2 fully saturated rings.